The molecule has 6 heteroatoms. The van der Waals surface area contributed by atoms with E-state index in [1.54, 1.807) is 13.8 Å². The molecule has 104 valence electrons. The second kappa shape index (κ2) is 5.69. The van der Waals surface area contributed by atoms with E-state index in [0.29, 0.717) is 0 Å². The highest BCUT2D eigenvalue weighted by Gasteiger charge is 2.26. The van der Waals surface area contributed by atoms with Gasteiger partial charge in [-0.15, -0.1) is 0 Å². The van der Waals surface area contributed by atoms with E-state index in [9.17, 15) is 14.0 Å². The van der Waals surface area contributed by atoms with Gasteiger partial charge in [-0.3, -0.25) is 9.59 Å². The molecule has 1 aromatic carbocycles. The van der Waals surface area contributed by atoms with Gasteiger partial charge >= 0.3 is 0 Å². The van der Waals surface area contributed by atoms with Crippen LogP contribution < -0.4 is 16.4 Å². The van der Waals surface area contributed by atoms with Crippen LogP contribution in [-0.2, 0) is 4.79 Å². The summed E-state index contributed by atoms with van der Waals surface area (Å²) in [5, 5.41) is 5.21. The zero-order valence-corrected chi connectivity index (χ0v) is 11.2. The minimum Gasteiger partial charge on any atom is -0.385 e. The van der Waals surface area contributed by atoms with E-state index < -0.39 is 23.0 Å². The molecule has 0 aromatic heterocycles. The first-order valence-electron chi connectivity index (χ1n) is 5.84. The first-order valence-corrected chi connectivity index (χ1v) is 5.84. The molecule has 0 radical (unpaired) electrons. The number of carbonyl (C=O) groups is 2. The van der Waals surface area contributed by atoms with Crippen LogP contribution in [0.2, 0.25) is 0 Å². The maximum Gasteiger partial charge on any atom is 0.253 e. The highest BCUT2D eigenvalue weighted by atomic mass is 19.1. The van der Waals surface area contributed by atoms with Crippen molar-refractivity contribution in [3.8, 4) is 0 Å². The first kappa shape index (κ1) is 14.9. The number of rotatable bonds is 5. The van der Waals surface area contributed by atoms with E-state index in [4.69, 9.17) is 5.73 Å². The highest BCUT2D eigenvalue weighted by Crippen LogP contribution is 2.19. The first-order chi connectivity index (χ1) is 8.79. The molecule has 1 aromatic rings. The van der Waals surface area contributed by atoms with Crippen LogP contribution in [-0.4, -0.2) is 25.4 Å². The number of hydrogen-bond acceptors (Lipinski definition) is 3. The smallest absolute Gasteiger partial charge is 0.253 e. The largest absolute Gasteiger partial charge is 0.385 e. The molecule has 0 heterocycles. The molecular weight excluding hydrogens is 249 g/mol. The fourth-order valence-corrected chi connectivity index (χ4v) is 1.45. The van der Waals surface area contributed by atoms with E-state index in [1.165, 1.54) is 25.2 Å². The molecule has 0 bridgehead atoms. The van der Waals surface area contributed by atoms with Gasteiger partial charge in [-0.1, -0.05) is 6.07 Å². The average Bonchev–Trinajstić information content (AvgIpc) is 2.35. The van der Waals surface area contributed by atoms with Gasteiger partial charge in [0.1, 0.15) is 5.82 Å². The van der Waals surface area contributed by atoms with Crippen LogP contribution in [0.15, 0.2) is 18.2 Å². The third-order valence-corrected chi connectivity index (χ3v) is 2.87. The van der Waals surface area contributed by atoms with Crippen molar-refractivity contribution in [2.75, 3.05) is 18.9 Å². The Hall–Kier alpha value is -2.11. The lowest BCUT2D eigenvalue weighted by Crippen LogP contribution is -2.42. The summed E-state index contributed by atoms with van der Waals surface area (Å²) in [6.07, 6.45) is 0. The summed E-state index contributed by atoms with van der Waals surface area (Å²) in [4.78, 5) is 23.1. The van der Waals surface area contributed by atoms with E-state index in [0.717, 1.165) is 0 Å². The number of benzene rings is 1. The Balaban J connectivity index is 2.86. The maximum atomic E-state index is 13.5. The Kier molecular flexibility index (Phi) is 4.47. The predicted octanol–water partition coefficient (Wildman–Crippen LogP) is 1.11. The van der Waals surface area contributed by atoms with Gasteiger partial charge in [0.15, 0.2) is 0 Å². The Morgan fingerprint density at radius 2 is 2.00 bits per heavy atom. The molecule has 4 N–H and O–H groups in total. The summed E-state index contributed by atoms with van der Waals surface area (Å²) in [5.41, 5.74) is 4.66. The van der Waals surface area contributed by atoms with Crippen LogP contribution in [0, 0.1) is 11.2 Å². The number of halogens is 1. The standard InChI is InChI=1S/C13H18FN3O2/c1-13(2,12(15)19)7-17-11(18)8-5-4-6-9(14)10(8)16-3/h4-6,16H,7H2,1-3H3,(H2,15,19)(H,17,18). The third-order valence-electron chi connectivity index (χ3n) is 2.87. The van der Waals surface area contributed by atoms with Gasteiger partial charge in [0.25, 0.3) is 5.91 Å². The molecule has 0 aliphatic rings. The Bertz CT molecular complexity index is 501. The number of carbonyl (C=O) groups excluding carboxylic acids is 2. The van der Waals surface area contributed by atoms with E-state index >= 15 is 0 Å². The van der Waals surface area contributed by atoms with Gasteiger partial charge in [0.05, 0.1) is 16.7 Å². The normalized spacial score (nSPS) is 10.9. The van der Waals surface area contributed by atoms with E-state index in [2.05, 4.69) is 10.6 Å². The molecule has 19 heavy (non-hydrogen) atoms. The highest BCUT2D eigenvalue weighted by molar-refractivity contribution is 6.00. The SMILES string of the molecule is CNc1c(F)cccc1C(=O)NCC(C)(C)C(N)=O. The van der Waals surface area contributed by atoms with Crippen molar-refractivity contribution in [2.45, 2.75) is 13.8 Å². The molecule has 1 rings (SSSR count). The number of primary amides is 1. The summed E-state index contributed by atoms with van der Waals surface area (Å²) in [6.45, 7) is 3.33. The molecule has 0 unspecified atom stereocenters. The van der Waals surface area contributed by atoms with Crippen LogP contribution in [0.25, 0.3) is 0 Å². The second-order valence-electron chi connectivity index (χ2n) is 4.84. The minimum absolute atomic E-state index is 0.0842. The number of hydrogen-bond donors (Lipinski definition) is 3. The number of anilines is 1. The molecule has 2 amide bonds. The van der Waals surface area contributed by atoms with Crippen LogP contribution >= 0.6 is 0 Å². The van der Waals surface area contributed by atoms with Crippen LogP contribution in [0.1, 0.15) is 24.2 Å². The summed E-state index contributed by atoms with van der Waals surface area (Å²) in [5.74, 6) is -1.48. The zero-order chi connectivity index (χ0) is 14.6. The lowest BCUT2D eigenvalue weighted by atomic mass is 9.92. The Labute approximate surface area is 111 Å². The number of nitrogens with two attached hydrogens (primary N) is 1. The van der Waals surface area contributed by atoms with Crippen LogP contribution in [0.4, 0.5) is 10.1 Å². The number of nitrogens with one attached hydrogen (secondary N) is 2. The van der Waals surface area contributed by atoms with Crippen molar-refractivity contribution in [3.05, 3.63) is 29.6 Å². The summed E-state index contributed by atoms with van der Waals surface area (Å²) in [6, 6.07) is 4.21. The fraction of sp³-hybridized carbons (Fsp3) is 0.385. The van der Waals surface area contributed by atoms with E-state index in [1.807, 2.05) is 0 Å². The monoisotopic (exact) mass is 267 g/mol. The lowest BCUT2D eigenvalue weighted by molar-refractivity contribution is -0.125. The molecule has 0 spiro atoms. The van der Waals surface area contributed by atoms with Gasteiger partial charge in [-0.2, -0.15) is 0 Å². The lowest BCUT2D eigenvalue weighted by Gasteiger charge is -2.21. The maximum absolute atomic E-state index is 13.5. The quantitative estimate of drug-likeness (QED) is 0.747. The number of amides is 2. The Morgan fingerprint density at radius 3 is 2.53 bits per heavy atom. The molecule has 0 atom stereocenters. The average molecular weight is 267 g/mol. The molecule has 0 aliphatic heterocycles. The molecular formula is C13H18FN3O2. The molecule has 0 saturated heterocycles. The van der Waals surface area contributed by atoms with Gasteiger partial charge in [-0.05, 0) is 26.0 Å². The van der Waals surface area contributed by atoms with Crippen molar-refractivity contribution < 1.29 is 14.0 Å². The van der Waals surface area contributed by atoms with Crippen molar-refractivity contribution in [1.82, 2.24) is 5.32 Å². The molecule has 5 nitrogen and oxygen atoms in total. The van der Waals surface area contributed by atoms with Crippen molar-refractivity contribution in [3.63, 3.8) is 0 Å². The predicted molar refractivity (Wildman–Crippen MR) is 71.3 cm³/mol. The van der Waals surface area contributed by atoms with Crippen molar-refractivity contribution in [1.29, 1.82) is 0 Å². The second-order valence-corrected chi connectivity index (χ2v) is 4.84. The van der Waals surface area contributed by atoms with Crippen molar-refractivity contribution in [2.24, 2.45) is 11.1 Å². The zero-order valence-electron chi connectivity index (χ0n) is 11.2. The van der Waals surface area contributed by atoms with Crippen LogP contribution in [0.3, 0.4) is 0 Å². The van der Waals surface area contributed by atoms with Gasteiger partial charge in [0.2, 0.25) is 5.91 Å². The van der Waals surface area contributed by atoms with Gasteiger partial charge in [0, 0.05) is 13.6 Å². The summed E-state index contributed by atoms with van der Waals surface area (Å²) < 4.78 is 13.5. The molecule has 0 fully saturated rings. The minimum atomic E-state index is -0.858. The van der Waals surface area contributed by atoms with Crippen LogP contribution in [0.5, 0.6) is 0 Å². The number of para-hydroxylation sites is 1. The van der Waals surface area contributed by atoms with Crippen molar-refractivity contribution >= 4 is 17.5 Å². The van der Waals surface area contributed by atoms with E-state index in [-0.39, 0.29) is 17.8 Å². The topological polar surface area (TPSA) is 84.2 Å². The van der Waals surface area contributed by atoms with Gasteiger partial charge < -0.3 is 16.4 Å². The third kappa shape index (κ3) is 3.43. The Morgan fingerprint density at radius 1 is 1.37 bits per heavy atom. The summed E-state index contributed by atoms with van der Waals surface area (Å²) in [7, 11) is 1.53. The summed E-state index contributed by atoms with van der Waals surface area (Å²) >= 11 is 0. The van der Waals surface area contributed by atoms with Gasteiger partial charge in [-0.25, -0.2) is 4.39 Å². The molecule has 0 aliphatic carbocycles. The molecule has 0 saturated carbocycles. The fourth-order valence-electron chi connectivity index (χ4n) is 1.45.